The second-order valence-electron chi connectivity index (χ2n) is 6.97. The third kappa shape index (κ3) is 2.29. The molecule has 1 aliphatic carbocycles. The minimum absolute atomic E-state index is 0.160. The van der Waals surface area contributed by atoms with Gasteiger partial charge in [-0.15, -0.1) is 0 Å². The average Bonchev–Trinajstić information content (AvgIpc) is 3.00. The second kappa shape index (κ2) is 4.74. The minimum atomic E-state index is 0.160. The molecule has 3 fully saturated rings. The third-order valence-electron chi connectivity index (χ3n) is 5.49. The summed E-state index contributed by atoms with van der Waals surface area (Å²) in [5.74, 6) is 1.78. The Bertz CT molecular complexity index is 364. The van der Waals surface area contributed by atoms with Crippen molar-refractivity contribution >= 4 is 5.91 Å². The van der Waals surface area contributed by atoms with Crippen LogP contribution in [0.15, 0.2) is 0 Å². The van der Waals surface area contributed by atoms with Crippen molar-refractivity contribution in [1.82, 2.24) is 15.1 Å². The van der Waals surface area contributed by atoms with E-state index in [9.17, 15) is 4.79 Å². The molecule has 3 rings (SSSR count). The zero-order chi connectivity index (χ0) is 13.6. The van der Waals surface area contributed by atoms with E-state index in [0.29, 0.717) is 24.4 Å². The molecule has 2 heterocycles. The molecule has 4 heteroatoms. The third-order valence-corrected chi connectivity index (χ3v) is 5.49. The van der Waals surface area contributed by atoms with E-state index in [4.69, 9.17) is 0 Å². The lowest BCUT2D eigenvalue weighted by Gasteiger charge is -2.36. The van der Waals surface area contributed by atoms with Gasteiger partial charge in [0.15, 0.2) is 0 Å². The number of amides is 1. The lowest BCUT2D eigenvalue weighted by atomic mass is 9.85. The summed E-state index contributed by atoms with van der Waals surface area (Å²) in [7, 11) is 0. The van der Waals surface area contributed by atoms with Crippen molar-refractivity contribution in [3.05, 3.63) is 0 Å². The fraction of sp³-hybridized carbons (Fsp3) is 0.933. The van der Waals surface area contributed by atoms with Crippen molar-refractivity contribution < 1.29 is 4.79 Å². The van der Waals surface area contributed by atoms with Gasteiger partial charge in [-0.25, -0.2) is 0 Å². The van der Waals surface area contributed by atoms with Gasteiger partial charge in [-0.3, -0.25) is 9.69 Å². The summed E-state index contributed by atoms with van der Waals surface area (Å²) in [5, 5.41) is 3.49. The number of carbonyl (C=O) groups excluding carboxylic acids is 1. The Labute approximate surface area is 116 Å². The van der Waals surface area contributed by atoms with Crippen LogP contribution in [0.1, 0.15) is 33.6 Å². The van der Waals surface area contributed by atoms with Crippen molar-refractivity contribution in [3.63, 3.8) is 0 Å². The van der Waals surface area contributed by atoms with Crippen molar-refractivity contribution in [1.29, 1.82) is 0 Å². The van der Waals surface area contributed by atoms with E-state index >= 15 is 0 Å². The monoisotopic (exact) mass is 265 g/mol. The van der Waals surface area contributed by atoms with Crippen LogP contribution in [-0.2, 0) is 4.79 Å². The van der Waals surface area contributed by atoms with Gasteiger partial charge in [0.1, 0.15) is 0 Å². The zero-order valence-electron chi connectivity index (χ0n) is 12.5. The topological polar surface area (TPSA) is 35.6 Å². The number of fused-ring (bicyclic) bond motifs is 1. The zero-order valence-corrected chi connectivity index (χ0v) is 12.5. The van der Waals surface area contributed by atoms with Crippen LogP contribution in [0.25, 0.3) is 0 Å². The van der Waals surface area contributed by atoms with Gasteiger partial charge in [0.25, 0.3) is 0 Å². The fourth-order valence-electron chi connectivity index (χ4n) is 4.05. The van der Waals surface area contributed by atoms with Crippen LogP contribution >= 0.6 is 0 Å². The highest BCUT2D eigenvalue weighted by atomic mass is 16.2. The standard InChI is InChI=1S/C15H27N3O/c1-4-18(12-5-6-12)14(19)10-17-9-11-7-16-8-13(11)15(17,2)3/h11-13,16H,4-10H2,1-3H3. The summed E-state index contributed by atoms with van der Waals surface area (Å²) in [6.45, 7) is 11.5. The largest absolute Gasteiger partial charge is 0.339 e. The van der Waals surface area contributed by atoms with Gasteiger partial charge in [0.05, 0.1) is 6.54 Å². The molecule has 108 valence electrons. The molecule has 0 spiro atoms. The summed E-state index contributed by atoms with van der Waals surface area (Å²) in [6.07, 6.45) is 2.41. The van der Waals surface area contributed by atoms with Crippen LogP contribution in [0.3, 0.4) is 0 Å². The number of nitrogens with zero attached hydrogens (tertiary/aromatic N) is 2. The van der Waals surface area contributed by atoms with E-state index in [1.165, 1.54) is 12.8 Å². The summed E-state index contributed by atoms with van der Waals surface area (Å²) in [6, 6.07) is 0.546. The molecule has 0 bridgehead atoms. The van der Waals surface area contributed by atoms with Gasteiger partial charge in [-0.1, -0.05) is 0 Å². The lowest BCUT2D eigenvalue weighted by Crippen LogP contribution is -2.49. The smallest absolute Gasteiger partial charge is 0.237 e. The fourth-order valence-corrected chi connectivity index (χ4v) is 4.05. The van der Waals surface area contributed by atoms with E-state index in [1.54, 1.807) is 0 Å². The molecule has 2 atom stereocenters. The molecule has 3 aliphatic rings. The van der Waals surface area contributed by atoms with Crippen molar-refractivity contribution in [2.45, 2.75) is 45.2 Å². The average molecular weight is 265 g/mol. The maximum atomic E-state index is 12.5. The number of nitrogens with one attached hydrogen (secondary N) is 1. The Balaban J connectivity index is 1.65. The molecule has 0 aromatic heterocycles. The Morgan fingerprint density at radius 3 is 2.68 bits per heavy atom. The predicted molar refractivity (Wildman–Crippen MR) is 75.9 cm³/mol. The van der Waals surface area contributed by atoms with Gasteiger partial charge in [-0.2, -0.15) is 0 Å². The van der Waals surface area contributed by atoms with Gasteiger partial charge in [0, 0.05) is 31.2 Å². The first kappa shape index (κ1) is 13.4. The molecule has 4 nitrogen and oxygen atoms in total. The first-order valence-electron chi connectivity index (χ1n) is 7.79. The predicted octanol–water partition coefficient (Wildman–Crippen LogP) is 0.927. The molecule has 0 radical (unpaired) electrons. The van der Waals surface area contributed by atoms with Crippen LogP contribution in [0.2, 0.25) is 0 Å². The number of rotatable bonds is 4. The molecule has 2 unspecified atom stereocenters. The molecule has 0 aromatic rings. The highest BCUT2D eigenvalue weighted by molar-refractivity contribution is 5.79. The number of likely N-dealkylation sites (N-methyl/N-ethyl adjacent to an activating group) is 1. The van der Waals surface area contributed by atoms with Crippen molar-refractivity contribution in [3.8, 4) is 0 Å². The normalized spacial score (nSPS) is 33.4. The minimum Gasteiger partial charge on any atom is -0.339 e. The first-order chi connectivity index (χ1) is 9.04. The summed E-state index contributed by atoms with van der Waals surface area (Å²) >= 11 is 0. The highest BCUT2D eigenvalue weighted by Crippen LogP contribution is 2.40. The summed E-state index contributed by atoms with van der Waals surface area (Å²) in [5.41, 5.74) is 0.160. The number of likely N-dealkylation sites (tertiary alicyclic amines) is 1. The van der Waals surface area contributed by atoms with Gasteiger partial charge < -0.3 is 10.2 Å². The summed E-state index contributed by atoms with van der Waals surface area (Å²) < 4.78 is 0. The van der Waals surface area contributed by atoms with E-state index in [2.05, 4.69) is 35.9 Å². The van der Waals surface area contributed by atoms with Crippen LogP contribution in [0, 0.1) is 11.8 Å². The summed E-state index contributed by atoms with van der Waals surface area (Å²) in [4.78, 5) is 17.0. The van der Waals surface area contributed by atoms with Crippen molar-refractivity contribution in [2.24, 2.45) is 11.8 Å². The Kier molecular flexibility index (Phi) is 3.34. The van der Waals surface area contributed by atoms with Crippen LogP contribution in [-0.4, -0.2) is 60.0 Å². The lowest BCUT2D eigenvalue weighted by molar-refractivity contribution is -0.133. The molecule has 2 saturated heterocycles. The molecule has 19 heavy (non-hydrogen) atoms. The Morgan fingerprint density at radius 1 is 1.37 bits per heavy atom. The molecule has 1 saturated carbocycles. The molecule has 2 aliphatic heterocycles. The van der Waals surface area contributed by atoms with Crippen molar-refractivity contribution in [2.75, 3.05) is 32.7 Å². The number of hydrogen-bond acceptors (Lipinski definition) is 3. The van der Waals surface area contributed by atoms with E-state index < -0.39 is 0 Å². The Morgan fingerprint density at radius 2 is 2.11 bits per heavy atom. The van der Waals surface area contributed by atoms with Crippen LogP contribution in [0.5, 0.6) is 0 Å². The van der Waals surface area contributed by atoms with Crippen LogP contribution in [0.4, 0.5) is 0 Å². The molecular weight excluding hydrogens is 238 g/mol. The SMILES string of the molecule is CCN(C(=O)CN1CC2CNCC2C1(C)C)C1CC1. The molecule has 1 amide bonds. The number of carbonyl (C=O) groups is 1. The van der Waals surface area contributed by atoms with Crippen LogP contribution < -0.4 is 5.32 Å². The maximum Gasteiger partial charge on any atom is 0.237 e. The molecule has 0 aromatic carbocycles. The molecular formula is C15H27N3O. The highest BCUT2D eigenvalue weighted by Gasteiger charge is 2.50. The van der Waals surface area contributed by atoms with E-state index in [0.717, 1.165) is 32.1 Å². The quantitative estimate of drug-likeness (QED) is 0.821. The van der Waals surface area contributed by atoms with E-state index in [-0.39, 0.29) is 5.54 Å². The maximum absolute atomic E-state index is 12.5. The second-order valence-corrected chi connectivity index (χ2v) is 6.97. The number of hydrogen-bond donors (Lipinski definition) is 1. The van der Waals surface area contributed by atoms with Gasteiger partial charge in [0.2, 0.25) is 5.91 Å². The molecule has 1 N–H and O–H groups in total. The Hall–Kier alpha value is -0.610. The first-order valence-corrected chi connectivity index (χ1v) is 7.79. The van der Waals surface area contributed by atoms with Gasteiger partial charge >= 0.3 is 0 Å². The van der Waals surface area contributed by atoms with Gasteiger partial charge in [-0.05, 0) is 52.0 Å². The van der Waals surface area contributed by atoms with E-state index in [1.807, 2.05) is 0 Å².